The average Bonchev–Trinajstić information content (AvgIpc) is 3.92. The molecule has 2 aliphatic carbocycles. The number of nitrogens with one attached hydrogen (secondary N) is 3. The molecule has 0 spiro atoms. The number of amides is 6. The zero-order valence-corrected chi connectivity index (χ0v) is 33.1. The van der Waals surface area contributed by atoms with E-state index in [1.807, 2.05) is 60.0 Å². The number of allylic oxidation sites excluding steroid dienone is 1. The highest BCUT2D eigenvalue weighted by atomic mass is 32.2. The zero-order valence-electron chi connectivity index (χ0n) is 31.4. The molecule has 4 heterocycles. The number of thiophene rings is 1. The van der Waals surface area contributed by atoms with Gasteiger partial charge in [0.2, 0.25) is 21.8 Å². The van der Waals surface area contributed by atoms with Crippen LogP contribution in [0.2, 0.25) is 0 Å². The fraction of sp³-hybridized carbons (Fsp3) is 0.564. The van der Waals surface area contributed by atoms with Crippen molar-refractivity contribution < 1.29 is 37.1 Å². The van der Waals surface area contributed by atoms with Crippen LogP contribution < -0.4 is 20.3 Å². The maximum Gasteiger partial charge on any atom is 0.408 e. The van der Waals surface area contributed by atoms with Crippen LogP contribution in [0.5, 0.6) is 0 Å². The molecule has 3 aliphatic heterocycles. The smallest absolute Gasteiger partial charge is 0.408 e. The van der Waals surface area contributed by atoms with E-state index in [-0.39, 0.29) is 31.5 Å². The van der Waals surface area contributed by atoms with Crippen LogP contribution in [-0.4, -0.2) is 95.7 Å². The molecule has 5 unspecified atom stereocenters. The topological polar surface area (TPSA) is 175 Å². The molecule has 3 N–H and O–H groups in total. The molecule has 6 amide bonds. The van der Waals surface area contributed by atoms with Gasteiger partial charge in [-0.3, -0.25) is 24.0 Å². The number of alkyl carbamates (subject to hydrolysis) is 1. The van der Waals surface area contributed by atoms with Crippen molar-refractivity contribution in [3.8, 4) is 0 Å². The Hall–Kier alpha value is -4.44. The Kier molecular flexibility index (Phi) is 10.8. The van der Waals surface area contributed by atoms with Crippen LogP contribution in [0.25, 0.3) is 0 Å². The van der Waals surface area contributed by atoms with Gasteiger partial charge in [-0.05, 0) is 89.3 Å². The summed E-state index contributed by atoms with van der Waals surface area (Å²) in [5.41, 5.74) is -1.61. The Morgan fingerprint density at radius 1 is 0.945 bits per heavy atom. The monoisotopic (exact) mass is 794 g/mol. The van der Waals surface area contributed by atoms with Gasteiger partial charge in [0.15, 0.2) is 0 Å². The molecule has 2 saturated carbocycles. The zero-order chi connectivity index (χ0) is 39.1. The molecular weight excluding hydrogens is 745 g/mol. The van der Waals surface area contributed by atoms with E-state index in [0.29, 0.717) is 38.6 Å². The summed E-state index contributed by atoms with van der Waals surface area (Å²) in [5, 5.41) is 6.98. The standard InChI is InChI=1S/C39H50N6O8S2/c1-38(2,3)53-36(49)40-29-16-11-6-4-5-8-13-25-22-39(25,35(48)42-55(51,52)28-18-19-28)41-33(46)30-21-27(23-44(30)34(29)47)43-24-31(32-17-12-20-54-32)45(37(43)50)26-14-9-7-10-15-26/h7-10,12-15,17,20,25,27-31H,4-6,11,16,18-19,21-24H2,1-3H3,(H,40,49)(H,41,46)(H,42,48)/b13-8+/t25?,27-,29?,30?,31?,39?/m1/s1. The van der Waals surface area contributed by atoms with E-state index in [4.69, 9.17) is 4.74 Å². The number of anilines is 1. The van der Waals surface area contributed by atoms with E-state index in [1.54, 1.807) is 41.9 Å². The number of urea groups is 1. The van der Waals surface area contributed by atoms with Crippen molar-refractivity contribution in [1.29, 1.82) is 0 Å². The maximum atomic E-state index is 14.7. The van der Waals surface area contributed by atoms with Crippen molar-refractivity contribution >= 4 is 56.9 Å². The van der Waals surface area contributed by atoms with Crippen molar-refractivity contribution in [3.63, 3.8) is 0 Å². The van der Waals surface area contributed by atoms with Gasteiger partial charge in [-0.1, -0.05) is 49.3 Å². The summed E-state index contributed by atoms with van der Waals surface area (Å²) in [6, 6.07) is 9.98. The summed E-state index contributed by atoms with van der Waals surface area (Å²) in [7, 11) is -3.91. The second-order valence-electron chi connectivity index (χ2n) is 16.3. The fourth-order valence-corrected chi connectivity index (χ4v) is 10.1. The lowest BCUT2D eigenvalue weighted by atomic mass is 10.0. The lowest BCUT2D eigenvalue weighted by Gasteiger charge is -2.30. The summed E-state index contributed by atoms with van der Waals surface area (Å²) in [4.78, 5) is 76.4. The number of hydrogen-bond acceptors (Lipinski definition) is 9. The number of rotatable bonds is 7. The Labute approximate surface area is 326 Å². The van der Waals surface area contributed by atoms with Crippen molar-refractivity contribution in [1.82, 2.24) is 25.2 Å². The van der Waals surface area contributed by atoms with Gasteiger partial charge in [-0.15, -0.1) is 11.3 Å². The minimum atomic E-state index is -3.91. The van der Waals surface area contributed by atoms with Crippen molar-refractivity contribution in [3.05, 3.63) is 64.9 Å². The highest BCUT2D eigenvalue weighted by Crippen LogP contribution is 2.46. The first kappa shape index (κ1) is 38.8. The van der Waals surface area contributed by atoms with Gasteiger partial charge in [-0.2, -0.15) is 0 Å². The molecule has 5 aliphatic rings. The Morgan fingerprint density at radius 3 is 2.40 bits per heavy atom. The number of fused-ring (bicyclic) bond motifs is 2. The third-order valence-corrected chi connectivity index (χ3v) is 13.8. The molecule has 296 valence electrons. The van der Waals surface area contributed by atoms with Crippen molar-refractivity contribution in [2.75, 3.05) is 18.0 Å². The summed E-state index contributed by atoms with van der Waals surface area (Å²) in [6.07, 6.45) is 7.40. The molecule has 1 aromatic carbocycles. The number of carbonyl (C=O) groups excluding carboxylic acids is 5. The number of benzene rings is 1. The van der Waals surface area contributed by atoms with Crippen molar-refractivity contribution in [2.24, 2.45) is 5.92 Å². The third kappa shape index (κ3) is 8.39. The molecule has 55 heavy (non-hydrogen) atoms. The van der Waals surface area contributed by atoms with Gasteiger partial charge in [0.05, 0.1) is 17.3 Å². The summed E-state index contributed by atoms with van der Waals surface area (Å²) < 4.78 is 33.5. The molecule has 4 fully saturated rings. The van der Waals surface area contributed by atoms with Crippen molar-refractivity contribution in [2.45, 2.75) is 119 Å². The Balaban J connectivity index is 1.21. The van der Waals surface area contributed by atoms with Crippen LogP contribution in [-0.2, 0) is 29.1 Å². The molecule has 6 atom stereocenters. The number of ether oxygens (including phenoxy) is 1. The highest BCUT2D eigenvalue weighted by Gasteiger charge is 2.62. The molecule has 7 rings (SSSR count). The first-order valence-electron chi connectivity index (χ1n) is 19.2. The van der Waals surface area contributed by atoms with Gasteiger partial charge < -0.3 is 25.2 Å². The third-order valence-electron chi connectivity index (χ3n) is 11.0. The summed E-state index contributed by atoms with van der Waals surface area (Å²) in [6.45, 7) is 5.50. The first-order chi connectivity index (χ1) is 26.2. The highest BCUT2D eigenvalue weighted by molar-refractivity contribution is 7.91. The summed E-state index contributed by atoms with van der Waals surface area (Å²) in [5.74, 6) is -2.36. The normalized spacial score (nSPS) is 29.7. The molecule has 16 heteroatoms. The predicted molar refractivity (Wildman–Crippen MR) is 206 cm³/mol. The van der Waals surface area contributed by atoms with E-state index in [0.717, 1.165) is 23.4 Å². The maximum absolute atomic E-state index is 14.7. The van der Waals surface area contributed by atoms with Gasteiger partial charge >= 0.3 is 12.1 Å². The molecule has 14 nitrogen and oxygen atoms in total. The average molecular weight is 795 g/mol. The second-order valence-corrected chi connectivity index (χ2v) is 19.2. The van der Waals surface area contributed by atoms with Crippen LogP contribution in [0, 0.1) is 5.92 Å². The largest absolute Gasteiger partial charge is 0.444 e. The van der Waals surface area contributed by atoms with E-state index < -0.39 is 74.3 Å². The number of hydrogen-bond donors (Lipinski definition) is 3. The van der Waals surface area contributed by atoms with E-state index in [2.05, 4.69) is 15.4 Å². The predicted octanol–water partition coefficient (Wildman–Crippen LogP) is 4.60. The lowest BCUT2D eigenvalue weighted by molar-refractivity contribution is -0.141. The van der Waals surface area contributed by atoms with Crippen LogP contribution in [0.1, 0.15) is 89.5 Å². The first-order valence-corrected chi connectivity index (χ1v) is 21.6. The molecule has 2 saturated heterocycles. The molecular formula is C39H50N6O8S2. The number of carbonyl (C=O) groups is 5. The van der Waals surface area contributed by atoms with Crippen LogP contribution in [0.4, 0.5) is 15.3 Å². The lowest BCUT2D eigenvalue weighted by Crippen LogP contribution is -2.58. The quantitative estimate of drug-likeness (QED) is 0.341. The van der Waals surface area contributed by atoms with Gasteiger partial charge in [0.25, 0.3) is 5.91 Å². The van der Waals surface area contributed by atoms with Gasteiger partial charge in [0, 0.05) is 29.6 Å². The van der Waals surface area contributed by atoms with E-state index in [1.165, 1.54) is 4.90 Å². The van der Waals surface area contributed by atoms with Crippen LogP contribution in [0.3, 0.4) is 0 Å². The van der Waals surface area contributed by atoms with Crippen LogP contribution >= 0.6 is 11.3 Å². The Morgan fingerprint density at radius 2 is 1.71 bits per heavy atom. The van der Waals surface area contributed by atoms with Gasteiger partial charge in [-0.25, -0.2) is 18.0 Å². The molecule has 0 radical (unpaired) electrons. The molecule has 1 aromatic heterocycles. The fourth-order valence-electron chi connectivity index (χ4n) is 7.95. The van der Waals surface area contributed by atoms with E-state index in [9.17, 15) is 32.4 Å². The van der Waals surface area contributed by atoms with Gasteiger partial charge in [0.1, 0.15) is 23.2 Å². The Bertz CT molecular complexity index is 1930. The SMILES string of the molecule is CC(C)(C)OC(=O)NC1CCCCC/C=C/C2CC2(C(=O)NS(=O)(=O)C2CC2)NC(=O)C2C[C@@H](N3CC(c4cccs4)N(c4ccccc4)C3=O)CN2C1=O. The number of sulfonamides is 1. The number of para-hydroxylation sites is 1. The number of nitrogens with zero attached hydrogens (tertiary/aromatic N) is 3. The van der Waals surface area contributed by atoms with E-state index >= 15 is 0 Å². The minimum Gasteiger partial charge on any atom is -0.444 e. The minimum absolute atomic E-state index is 0.00748. The second kappa shape index (κ2) is 15.2. The summed E-state index contributed by atoms with van der Waals surface area (Å²) >= 11 is 1.54. The molecule has 0 bridgehead atoms. The van der Waals surface area contributed by atoms with Crippen LogP contribution in [0.15, 0.2) is 60.0 Å². The molecule has 2 aromatic rings.